The van der Waals surface area contributed by atoms with Crippen LogP contribution in [0.5, 0.6) is 0 Å². The van der Waals surface area contributed by atoms with Gasteiger partial charge in [0.25, 0.3) is 0 Å². The van der Waals surface area contributed by atoms with Gasteiger partial charge in [0.2, 0.25) is 5.91 Å². The van der Waals surface area contributed by atoms with Gasteiger partial charge in [-0.25, -0.2) is 0 Å². The van der Waals surface area contributed by atoms with Crippen LogP contribution in [-0.4, -0.2) is 41.7 Å². The molecule has 1 amide bonds. The summed E-state index contributed by atoms with van der Waals surface area (Å²) in [7, 11) is 1.99. The highest BCUT2D eigenvalue weighted by Crippen LogP contribution is 2.29. The number of nitrogens with zero attached hydrogens (tertiary/aromatic N) is 1. The van der Waals surface area contributed by atoms with Crippen molar-refractivity contribution in [2.45, 2.75) is 55.1 Å². The molecular weight excluding hydrogens is 280 g/mol. The Morgan fingerprint density at radius 2 is 1.90 bits per heavy atom. The molecule has 3 rings (SSSR count). The maximum atomic E-state index is 12.4. The number of thioether (sulfide) groups is 1. The Hall–Kier alpha value is -1.00. The minimum absolute atomic E-state index is 0.296. The monoisotopic (exact) mass is 304 g/mol. The first-order chi connectivity index (χ1) is 10.2. The molecule has 0 aliphatic carbocycles. The quantitative estimate of drug-likeness (QED) is 0.849. The first-order valence-electron chi connectivity index (χ1n) is 7.92. The van der Waals surface area contributed by atoms with E-state index in [1.54, 1.807) is 11.8 Å². The van der Waals surface area contributed by atoms with Gasteiger partial charge in [0.1, 0.15) is 0 Å². The van der Waals surface area contributed by atoms with Gasteiger partial charge in [-0.2, -0.15) is 0 Å². The predicted octanol–water partition coefficient (Wildman–Crippen LogP) is 2.91. The lowest BCUT2D eigenvalue weighted by Gasteiger charge is -2.35. The maximum absolute atomic E-state index is 12.4. The summed E-state index contributed by atoms with van der Waals surface area (Å²) in [5.41, 5.74) is 0. The molecule has 0 spiro atoms. The second kappa shape index (κ2) is 6.84. The van der Waals surface area contributed by atoms with Crippen LogP contribution in [0.2, 0.25) is 0 Å². The van der Waals surface area contributed by atoms with Gasteiger partial charge in [-0.15, -0.1) is 11.8 Å². The van der Waals surface area contributed by atoms with Crippen molar-refractivity contribution in [3.05, 3.63) is 30.3 Å². The summed E-state index contributed by atoms with van der Waals surface area (Å²) >= 11 is 1.77. The van der Waals surface area contributed by atoms with E-state index >= 15 is 0 Å². The van der Waals surface area contributed by atoms with Gasteiger partial charge in [0.15, 0.2) is 0 Å². The van der Waals surface area contributed by atoms with Crippen LogP contribution >= 0.6 is 11.8 Å². The number of benzene rings is 1. The number of nitrogens with one attached hydrogen (secondary N) is 1. The van der Waals surface area contributed by atoms with Gasteiger partial charge >= 0.3 is 0 Å². The molecule has 2 unspecified atom stereocenters. The van der Waals surface area contributed by atoms with Crippen LogP contribution in [0.15, 0.2) is 35.2 Å². The summed E-state index contributed by atoms with van der Waals surface area (Å²) in [6.07, 6.45) is 5.46. The highest BCUT2D eigenvalue weighted by molar-refractivity contribution is 7.99. The number of carbonyl (C=O) groups excluding carboxylic acids is 1. The number of fused-ring (bicyclic) bond motifs is 2. The van der Waals surface area contributed by atoms with E-state index in [-0.39, 0.29) is 0 Å². The lowest BCUT2D eigenvalue weighted by atomic mass is 9.98. The Labute approximate surface area is 131 Å². The minimum Gasteiger partial charge on any atom is -0.343 e. The third-order valence-electron chi connectivity index (χ3n) is 4.72. The first-order valence-corrected chi connectivity index (χ1v) is 8.90. The van der Waals surface area contributed by atoms with E-state index in [0.717, 1.165) is 18.6 Å². The molecule has 0 aromatic heterocycles. The van der Waals surface area contributed by atoms with Crippen molar-refractivity contribution in [2.24, 2.45) is 0 Å². The Morgan fingerprint density at radius 1 is 1.24 bits per heavy atom. The molecule has 1 aromatic rings. The van der Waals surface area contributed by atoms with Crippen LogP contribution in [0.4, 0.5) is 0 Å². The Bertz CT molecular complexity index is 467. The molecule has 2 bridgehead atoms. The van der Waals surface area contributed by atoms with Crippen LogP contribution in [0.25, 0.3) is 0 Å². The van der Waals surface area contributed by atoms with E-state index in [4.69, 9.17) is 0 Å². The molecule has 114 valence electrons. The van der Waals surface area contributed by atoms with Crippen LogP contribution in [0, 0.1) is 0 Å². The SMILES string of the molecule is CN(C(=O)CCSc1ccccc1)C1CC2CCC(C1)N2. The van der Waals surface area contributed by atoms with Gasteiger partial charge in [0, 0.05) is 42.2 Å². The second-order valence-corrected chi connectivity index (χ2v) is 7.35. The normalized spacial score (nSPS) is 27.6. The maximum Gasteiger partial charge on any atom is 0.223 e. The fourth-order valence-electron chi connectivity index (χ4n) is 3.50. The van der Waals surface area contributed by atoms with Crippen LogP contribution in [-0.2, 0) is 4.79 Å². The molecule has 2 fully saturated rings. The zero-order valence-corrected chi connectivity index (χ0v) is 13.4. The molecule has 4 heteroatoms. The van der Waals surface area contributed by atoms with Crippen LogP contribution in [0.3, 0.4) is 0 Å². The molecule has 3 nitrogen and oxygen atoms in total. The van der Waals surface area contributed by atoms with Crippen LogP contribution in [0.1, 0.15) is 32.1 Å². The number of rotatable bonds is 5. The van der Waals surface area contributed by atoms with E-state index in [9.17, 15) is 4.79 Å². The molecule has 1 aromatic carbocycles. The molecule has 2 aliphatic heterocycles. The molecule has 2 heterocycles. The number of hydrogen-bond acceptors (Lipinski definition) is 3. The van der Waals surface area contributed by atoms with E-state index in [1.165, 1.54) is 17.7 Å². The van der Waals surface area contributed by atoms with Gasteiger partial charge in [0.05, 0.1) is 0 Å². The number of carbonyl (C=O) groups is 1. The molecule has 2 saturated heterocycles. The van der Waals surface area contributed by atoms with Crippen molar-refractivity contribution in [1.82, 2.24) is 10.2 Å². The summed E-state index contributed by atoms with van der Waals surface area (Å²) < 4.78 is 0. The average molecular weight is 304 g/mol. The van der Waals surface area contributed by atoms with Crippen molar-refractivity contribution < 1.29 is 4.79 Å². The second-order valence-electron chi connectivity index (χ2n) is 6.18. The number of amides is 1. The van der Waals surface area contributed by atoms with Crippen molar-refractivity contribution in [3.63, 3.8) is 0 Å². The smallest absolute Gasteiger partial charge is 0.223 e. The van der Waals surface area contributed by atoms with Crippen molar-refractivity contribution in [2.75, 3.05) is 12.8 Å². The van der Waals surface area contributed by atoms with Crippen molar-refractivity contribution in [3.8, 4) is 0 Å². The molecule has 2 aliphatic rings. The summed E-state index contributed by atoms with van der Waals surface area (Å²) in [4.78, 5) is 15.6. The predicted molar refractivity (Wildman–Crippen MR) is 87.5 cm³/mol. The van der Waals surface area contributed by atoms with E-state index in [0.29, 0.717) is 30.5 Å². The third kappa shape index (κ3) is 3.80. The van der Waals surface area contributed by atoms with Gasteiger partial charge in [-0.1, -0.05) is 18.2 Å². The minimum atomic E-state index is 0.296. The Morgan fingerprint density at radius 3 is 2.57 bits per heavy atom. The lowest BCUT2D eigenvalue weighted by Crippen LogP contribution is -2.48. The molecule has 0 radical (unpaired) electrons. The molecular formula is C17H24N2OS. The summed E-state index contributed by atoms with van der Waals surface area (Å²) in [5, 5.41) is 3.64. The third-order valence-corrected chi connectivity index (χ3v) is 5.73. The fraction of sp³-hybridized carbons (Fsp3) is 0.588. The molecule has 0 saturated carbocycles. The summed E-state index contributed by atoms with van der Waals surface area (Å²) in [6.45, 7) is 0. The van der Waals surface area contributed by atoms with Gasteiger partial charge in [-0.3, -0.25) is 4.79 Å². The zero-order chi connectivity index (χ0) is 14.7. The van der Waals surface area contributed by atoms with Crippen LogP contribution < -0.4 is 5.32 Å². The standard InChI is InChI=1S/C17H24N2OS/c1-19(15-11-13-7-8-14(12-15)18-13)17(20)9-10-21-16-5-3-2-4-6-16/h2-6,13-15,18H,7-12H2,1H3. The summed E-state index contributed by atoms with van der Waals surface area (Å²) in [5.74, 6) is 1.16. The van der Waals surface area contributed by atoms with Gasteiger partial charge in [-0.05, 0) is 37.8 Å². The number of piperidine rings is 1. The van der Waals surface area contributed by atoms with E-state index in [1.807, 2.05) is 30.1 Å². The van der Waals surface area contributed by atoms with Crippen molar-refractivity contribution in [1.29, 1.82) is 0 Å². The summed E-state index contributed by atoms with van der Waals surface area (Å²) in [6, 6.07) is 12.0. The number of hydrogen-bond donors (Lipinski definition) is 1. The van der Waals surface area contributed by atoms with E-state index < -0.39 is 0 Å². The highest BCUT2D eigenvalue weighted by atomic mass is 32.2. The fourth-order valence-corrected chi connectivity index (χ4v) is 4.36. The Kier molecular flexibility index (Phi) is 4.86. The van der Waals surface area contributed by atoms with Gasteiger partial charge < -0.3 is 10.2 Å². The highest BCUT2D eigenvalue weighted by Gasteiger charge is 2.36. The average Bonchev–Trinajstić information content (AvgIpc) is 2.85. The van der Waals surface area contributed by atoms with Crippen molar-refractivity contribution >= 4 is 17.7 Å². The Balaban J connectivity index is 1.44. The first kappa shape index (κ1) is 14.9. The molecule has 2 atom stereocenters. The zero-order valence-electron chi connectivity index (χ0n) is 12.6. The van der Waals surface area contributed by atoms with E-state index in [2.05, 4.69) is 17.4 Å². The lowest BCUT2D eigenvalue weighted by molar-refractivity contribution is -0.132. The topological polar surface area (TPSA) is 32.3 Å². The molecule has 21 heavy (non-hydrogen) atoms. The largest absolute Gasteiger partial charge is 0.343 e. The molecule has 1 N–H and O–H groups in total.